The summed E-state index contributed by atoms with van der Waals surface area (Å²) in [4.78, 5) is 29.7. The largest absolute Gasteiger partial charge is 0.490 e. The third kappa shape index (κ3) is 4.36. The van der Waals surface area contributed by atoms with Crippen molar-refractivity contribution < 1.29 is 14.3 Å². The molecule has 1 aliphatic heterocycles. The second-order valence-corrected chi connectivity index (χ2v) is 5.94. The summed E-state index contributed by atoms with van der Waals surface area (Å²) in [6.07, 6.45) is 4.33. The van der Waals surface area contributed by atoms with Gasteiger partial charge >= 0.3 is 6.03 Å². The van der Waals surface area contributed by atoms with E-state index in [1.165, 1.54) is 6.20 Å². The Bertz CT molecular complexity index is 807. The average Bonchev–Trinajstić information content (AvgIpc) is 2.69. The molecule has 132 valence electrons. The molecular formula is C19H18N4O3. The van der Waals surface area contributed by atoms with E-state index in [2.05, 4.69) is 16.4 Å². The van der Waals surface area contributed by atoms with Crippen LogP contribution in [0.15, 0.2) is 48.8 Å². The van der Waals surface area contributed by atoms with Crippen LogP contribution in [0.3, 0.4) is 0 Å². The fourth-order valence-electron chi connectivity index (χ4n) is 2.72. The highest BCUT2D eigenvalue weighted by atomic mass is 16.5. The number of pyridine rings is 1. The number of carbonyl (C=O) groups is 2. The summed E-state index contributed by atoms with van der Waals surface area (Å²) in [5.41, 5.74) is 0.932. The number of amides is 3. The predicted octanol–water partition coefficient (Wildman–Crippen LogP) is 2.35. The normalized spacial score (nSPS) is 14.3. The number of rotatable bonds is 3. The van der Waals surface area contributed by atoms with Crippen LogP contribution in [0, 0.1) is 11.3 Å². The smallest absolute Gasteiger partial charge is 0.324 e. The zero-order valence-corrected chi connectivity index (χ0v) is 14.1. The van der Waals surface area contributed by atoms with E-state index < -0.39 is 11.9 Å². The van der Waals surface area contributed by atoms with Gasteiger partial charge in [-0.05, 0) is 36.4 Å². The number of likely N-dealkylation sites (tertiary alicyclic amines) is 1. The van der Waals surface area contributed by atoms with Crippen molar-refractivity contribution in [2.24, 2.45) is 0 Å². The van der Waals surface area contributed by atoms with Gasteiger partial charge in [0.25, 0.3) is 5.91 Å². The summed E-state index contributed by atoms with van der Waals surface area (Å²) in [5.74, 6) is 0.248. The van der Waals surface area contributed by atoms with E-state index in [0.29, 0.717) is 42.8 Å². The molecule has 1 aromatic carbocycles. The minimum absolute atomic E-state index is 0.000936. The maximum atomic E-state index is 12.2. The lowest BCUT2D eigenvalue weighted by molar-refractivity contribution is 0.0916. The number of piperidine rings is 1. The molecule has 1 aromatic heterocycles. The number of nitriles is 1. The molecule has 26 heavy (non-hydrogen) atoms. The molecule has 1 saturated heterocycles. The number of urea groups is 1. The lowest BCUT2D eigenvalue weighted by Crippen LogP contribution is -2.48. The van der Waals surface area contributed by atoms with E-state index in [-0.39, 0.29) is 6.10 Å². The molecule has 0 atom stereocenters. The summed E-state index contributed by atoms with van der Waals surface area (Å²) in [6.45, 7) is 1.01. The molecule has 0 aliphatic carbocycles. The Morgan fingerprint density at radius 3 is 2.54 bits per heavy atom. The van der Waals surface area contributed by atoms with Gasteiger partial charge in [0.2, 0.25) is 0 Å². The first kappa shape index (κ1) is 17.4. The number of carbonyl (C=O) groups excluding carboxylic acids is 2. The highest BCUT2D eigenvalue weighted by Gasteiger charge is 2.25. The Morgan fingerprint density at radius 2 is 1.92 bits per heavy atom. The zero-order chi connectivity index (χ0) is 18.4. The fraction of sp³-hybridized carbons (Fsp3) is 0.263. The first-order valence-corrected chi connectivity index (χ1v) is 8.33. The summed E-state index contributed by atoms with van der Waals surface area (Å²) in [5, 5.41) is 11.2. The van der Waals surface area contributed by atoms with Crippen LogP contribution >= 0.6 is 0 Å². The molecule has 0 bridgehead atoms. The first-order chi connectivity index (χ1) is 12.7. The number of nitrogens with one attached hydrogen (secondary N) is 1. The summed E-state index contributed by atoms with van der Waals surface area (Å²) in [7, 11) is 0. The van der Waals surface area contributed by atoms with Crippen LogP contribution in [0.5, 0.6) is 5.75 Å². The number of ether oxygens (including phenoxy) is 1. The quantitative estimate of drug-likeness (QED) is 0.917. The van der Waals surface area contributed by atoms with Gasteiger partial charge in [0.15, 0.2) is 0 Å². The molecule has 7 nitrogen and oxygen atoms in total. The van der Waals surface area contributed by atoms with Crippen molar-refractivity contribution >= 4 is 11.9 Å². The van der Waals surface area contributed by atoms with E-state index in [9.17, 15) is 9.59 Å². The first-order valence-electron chi connectivity index (χ1n) is 8.33. The number of benzene rings is 1. The van der Waals surface area contributed by atoms with Crippen LogP contribution in [0.25, 0.3) is 0 Å². The van der Waals surface area contributed by atoms with E-state index in [0.717, 1.165) is 0 Å². The summed E-state index contributed by atoms with van der Waals surface area (Å²) < 4.78 is 5.89. The van der Waals surface area contributed by atoms with Crippen molar-refractivity contribution in [3.63, 3.8) is 0 Å². The van der Waals surface area contributed by atoms with Crippen molar-refractivity contribution in [1.82, 2.24) is 15.2 Å². The minimum atomic E-state index is -0.459. The minimum Gasteiger partial charge on any atom is -0.490 e. The Morgan fingerprint density at radius 1 is 1.19 bits per heavy atom. The maximum absolute atomic E-state index is 12.2. The van der Waals surface area contributed by atoms with Gasteiger partial charge in [-0.3, -0.25) is 15.1 Å². The average molecular weight is 350 g/mol. The van der Waals surface area contributed by atoms with Crippen molar-refractivity contribution in [2.45, 2.75) is 18.9 Å². The molecule has 3 amide bonds. The summed E-state index contributed by atoms with van der Waals surface area (Å²) >= 11 is 0. The van der Waals surface area contributed by atoms with Gasteiger partial charge in [0.1, 0.15) is 11.9 Å². The SMILES string of the molecule is N#Cc1ccc(OC2CCN(C(=O)NC(=O)c3cccnc3)CC2)cc1. The van der Waals surface area contributed by atoms with Gasteiger partial charge in [0, 0.05) is 38.3 Å². The van der Waals surface area contributed by atoms with Gasteiger partial charge in [-0.15, -0.1) is 0 Å². The van der Waals surface area contributed by atoms with Crippen molar-refractivity contribution in [1.29, 1.82) is 5.26 Å². The van der Waals surface area contributed by atoms with Crippen LogP contribution < -0.4 is 10.1 Å². The molecule has 1 aliphatic rings. The molecule has 7 heteroatoms. The molecule has 2 heterocycles. The lowest BCUT2D eigenvalue weighted by atomic mass is 10.1. The second-order valence-electron chi connectivity index (χ2n) is 5.94. The molecule has 3 rings (SSSR count). The highest BCUT2D eigenvalue weighted by molar-refractivity contribution is 6.03. The maximum Gasteiger partial charge on any atom is 0.324 e. The van der Waals surface area contributed by atoms with Gasteiger partial charge in [0.05, 0.1) is 17.2 Å². The standard InChI is InChI=1S/C19H18N4O3/c20-12-14-3-5-16(6-4-14)26-17-7-10-23(11-8-17)19(25)22-18(24)15-2-1-9-21-13-15/h1-6,9,13,17H,7-8,10-11H2,(H,22,24,25). The molecule has 1 fully saturated rings. The third-order valence-corrected chi connectivity index (χ3v) is 4.16. The highest BCUT2D eigenvalue weighted by Crippen LogP contribution is 2.19. The van der Waals surface area contributed by atoms with Crippen molar-refractivity contribution in [2.75, 3.05) is 13.1 Å². The van der Waals surface area contributed by atoms with Crippen LogP contribution in [0.2, 0.25) is 0 Å². The van der Waals surface area contributed by atoms with E-state index >= 15 is 0 Å². The molecule has 1 N–H and O–H groups in total. The fourth-order valence-corrected chi connectivity index (χ4v) is 2.72. The Kier molecular flexibility index (Phi) is 5.44. The number of hydrogen-bond acceptors (Lipinski definition) is 5. The number of hydrogen-bond donors (Lipinski definition) is 1. The zero-order valence-electron chi connectivity index (χ0n) is 14.1. The topological polar surface area (TPSA) is 95.3 Å². The van der Waals surface area contributed by atoms with Gasteiger partial charge in [-0.25, -0.2) is 4.79 Å². The lowest BCUT2D eigenvalue weighted by Gasteiger charge is -2.32. The van der Waals surface area contributed by atoms with Crippen LogP contribution in [0.4, 0.5) is 4.79 Å². The number of imide groups is 1. The Hall–Kier alpha value is -3.40. The van der Waals surface area contributed by atoms with Gasteiger partial charge < -0.3 is 9.64 Å². The van der Waals surface area contributed by atoms with Crippen molar-refractivity contribution in [3.05, 3.63) is 59.9 Å². The van der Waals surface area contributed by atoms with Crippen LogP contribution in [-0.4, -0.2) is 41.0 Å². The molecule has 0 saturated carbocycles. The molecule has 0 unspecified atom stereocenters. The second kappa shape index (κ2) is 8.12. The van der Waals surface area contributed by atoms with Gasteiger partial charge in [-0.1, -0.05) is 0 Å². The Labute approximate surface area is 151 Å². The molecule has 0 spiro atoms. The number of nitrogens with zero attached hydrogens (tertiary/aromatic N) is 3. The van der Waals surface area contributed by atoms with E-state index in [4.69, 9.17) is 10.00 Å². The van der Waals surface area contributed by atoms with E-state index in [1.54, 1.807) is 47.5 Å². The molecular weight excluding hydrogens is 332 g/mol. The summed E-state index contributed by atoms with van der Waals surface area (Å²) in [6, 6.07) is 11.9. The van der Waals surface area contributed by atoms with Crippen molar-refractivity contribution in [3.8, 4) is 11.8 Å². The predicted molar refractivity (Wildman–Crippen MR) is 93.5 cm³/mol. The van der Waals surface area contributed by atoms with Gasteiger partial charge in [-0.2, -0.15) is 5.26 Å². The molecule has 0 radical (unpaired) electrons. The molecule has 2 aromatic rings. The Balaban J connectivity index is 1.47. The van der Waals surface area contributed by atoms with Crippen LogP contribution in [-0.2, 0) is 0 Å². The van der Waals surface area contributed by atoms with Crippen LogP contribution in [0.1, 0.15) is 28.8 Å². The third-order valence-electron chi connectivity index (χ3n) is 4.16. The van der Waals surface area contributed by atoms with E-state index in [1.807, 2.05) is 0 Å². The number of aromatic nitrogens is 1. The monoisotopic (exact) mass is 350 g/mol.